The molecule has 0 rings (SSSR count). The number of aliphatic carboxylic acids is 4. The van der Waals surface area contributed by atoms with Crippen LogP contribution < -0.4 is 20.4 Å². The molecule has 19 heavy (non-hydrogen) atoms. The molecule has 0 spiro atoms. The fourth-order valence-electron chi connectivity index (χ4n) is 0.435. The Balaban J connectivity index is -0.000000256. The molecule has 0 unspecified atom stereocenters. The maximum atomic E-state index is 9.53. The summed E-state index contributed by atoms with van der Waals surface area (Å²) in [6.45, 7) is -2.86. The van der Waals surface area contributed by atoms with E-state index in [0.717, 1.165) is 0 Å². The van der Waals surface area contributed by atoms with Gasteiger partial charge in [-0.15, -0.1) is 0 Å². The van der Waals surface area contributed by atoms with Crippen LogP contribution in [0.1, 0.15) is 0 Å². The molecule has 0 aliphatic rings. The smallest absolute Gasteiger partial charge is 0.548 e. The predicted molar refractivity (Wildman–Crippen MR) is 41.7 cm³/mol. The van der Waals surface area contributed by atoms with Gasteiger partial charge in [-0.3, -0.25) is 0 Å². The van der Waals surface area contributed by atoms with Gasteiger partial charge in [-0.05, 0) is 0 Å². The maximum Gasteiger partial charge on any atom is 4.00 e. The Labute approximate surface area is 121 Å². The van der Waals surface area contributed by atoms with Crippen molar-refractivity contribution in [3.05, 3.63) is 0 Å². The number of carboxylic acid groups (broad SMARTS) is 4. The minimum absolute atomic E-state index is 0. The summed E-state index contributed by atoms with van der Waals surface area (Å²) in [7, 11) is 0. The molecule has 11 heteroatoms. The van der Waals surface area contributed by atoms with E-state index in [0.29, 0.717) is 0 Å². The Bertz CT molecular complexity index is 244. The van der Waals surface area contributed by atoms with Crippen molar-refractivity contribution in [1.29, 1.82) is 0 Å². The molecule has 104 valence electrons. The molecule has 0 aromatic heterocycles. The molecule has 0 aromatic rings. The van der Waals surface area contributed by atoms with Crippen LogP contribution in [0.25, 0.3) is 0 Å². The number of carbonyl (C=O) groups is 4. The fourth-order valence-corrected chi connectivity index (χ4v) is 0.435. The van der Waals surface area contributed by atoms with Crippen molar-refractivity contribution in [2.75, 3.05) is 26.4 Å². The van der Waals surface area contributed by atoms with E-state index >= 15 is 0 Å². The van der Waals surface area contributed by atoms with Gasteiger partial charge in [0.15, 0.2) is 0 Å². The largest absolute Gasteiger partial charge is 4.00 e. The first kappa shape index (κ1) is 22.7. The third-order valence-electron chi connectivity index (χ3n) is 0.880. The summed E-state index contributed by atoms with van der Waals surface area (Å²) in [6, 6.07) is 0. The van der Waals surface area contributed by atoms with Crippen molar-refractivity contribution >= 4 is 23.9 Å². The summed E-state index contributed by atoms with van der Waals surface area (Å²) in [5.74, 6) is -5.79. The van der Waals surface area contributed by atoms with Crippen LogP contribution in [0, 0.1) is 0 Å². The minimum Gasteiger partial charge on any atom is -0.548 e. The van der Waals surface area contributed by atoms with E-state index in [-0.39, 0.29) is 21.7 Å². The molecule has 0 aliphatic carbocycles. The van der Waals surface area contributed by atoms with Crippen LogP contribution in [0.2, 0.25) is 0 Å². The maximum absolute atomic E-state index is 9.53. The molecule has 0 radical (unpaired) electrons. The Morgan fingerprint density at radius 2 is 0.737 bits per heavy atom. The van der Waals surface area contributed by atoms with Gasteiger partial charge < -0.3 is 49.1 Å². The van der Waals surface area contributed by atoms with E-state index in [1.807, 2.05) is 0 Å². The van der Waals surface area contributed by atoms with E-state index in [4.69, 9.17) is 0 Å². The zero-order valence-corrected chi connectivity index (χ0v) is 11.0. The first-order valence-corrected chi connectivity index (χ1v) is 4.20. The SMILES string of the molecule is O=C([O-])COCC(=O)[O-].O=C([O-])COCC(=O)[O-].[Ti+4]. The molecule has 0 aliphatic heterocycles. The monoisotopic (exact) mass is 312 g/mol. The Hall–Kier alpha value is -1.49. The molecular formula is C8H8O10Ti. The number of hydrogen-bond donors (Lipinski definition) is 0. The molecule has 0 N–H and O–H groups in total. The summed E-state index contributed by atoms with van der Waals surface area (Å²) >= 11 is 0. The second-order valence-electron chi connectivity index (χ2n) is 2.47. The molecular weight excluding hydrogens is 304 g/mol. The van der Waals surface area contributed by atoms with E-state index in [2.05, 4.69) is 9.47 Å². The molecule has 0 bridgehead atoms. The summed E-state index contributed by atoms with van der Waals surface area (Å²) in [5.41, 5.74) is 0. The number of ether oxygens (including phenoxy) is 2. The fraction of sp³-hybridized carbons (Fsp3) is 0.500. The molecule has 0 saturated carbocycles. The van der Waals surface area contributed by atoms with Gasteiger partial charge in [0.25, 0.3) is 0 Å². The summed E-state index contributed by atoms with van der Waals surface area (Å²) in [5, 5.41) is 38.1. The number of carboxylic acids is 4. The van der Waals surface area contributed by atoms with Crippen LogP contribution in [0.15, 0.2) is 0 Å². The summed E-state index contributed by atoms with van der Waals surface area (Å²) in [4.78, 5) is 38.1. The summed E-state index contributed by atoms with van der Waals surface area (Å²) in [6.07, 6.45) is 0. The Morgan fingerprint density at radius 1 is 0.579 bits per heavy atom. The average molecular weight is 312 g/mol. The van der Waals surface area contributed by atoms with Crippen LogP contribution >= 0.6 is 0 Å². The molecule has 0 saturated heterocycles. The number of hydrogen-bond acceptors (Lipinski definition) is 10. The van der Waals surface area contributed by atoms with Gasteiger partial charge in [-0.25, -0.2) is 0 Å². The second-order valence-corrected chi connectivity index (χ2v) is 2.47. The van der Waals surface area contributed by atoms with Crippen molar-refractivity contribution in [2.45, 2.75) is 0 Å². The molecule has 0 aromatic carbocycles. The van der Waals surface area contributed by atoms with E-state index < -0.39 is 50.3 Å². The van der Waals surface area contributed by atoms with Crippen molar-refractivity contribution in [3.8, 4) is 0 Å². The predicted octanol–water partition coefficient (Wildman–Crippen LogP) is -7.00. The third-order valence-corrected chi connectivity index (χ3v) is 0.880. The Kier molecular flexibility index (Phi) is 17.4. The van der Waals surface area contributed by atoms with Crippen LogP contribution in [-0.2, 0) is 50.4 Å². The van der Waals surface area contributed by atoms with E-state index in [1.54, 1.807) is 0 Å². The zero-order valence-electron chi connectivity index (χ0n) is 9.41. The van der Waals surface area contributed by atoms with Gasteiger partial charge >= 0.3 is 21.7 Å². The van der Waals surface area contributed by atoms with Gasteiger partial charge in [0, 0.05) is 0 Å². The quantitative estimate of drug-likeness (QED) is 0.391. The number of carbonyl (C=O) groups excluding carboxylic acids is 4. The molecule has 0 fully saturated rings. The first-order valence-electron chi connectivity index (χ1n) is 4.20. The van der Waals surface area contributed by atoms with Crippen molar-refractivity contribution in [1.82, 2.24) is 0 Å². The van der Waals surface area contributed by atoms with Gasteiger partial charge in [0.2, 0.25) is 0 Å². The van der Waals surface area contributed by atoms with Crippen LogP contribution in [0.4, 0.5) is 0 Å². The molecule has 0 heterocycles. The second kappa shape index (κ2) is 14.6. The minimum atomic E-state index is -1.45. The van der Waals surface area contributed by atoms with Crippen LogP contribution in [-0.4, -0.2) is 50.3 Å². The average Bonchev–Trinajstić information content (AvgIpc) is 2.15. The molecule has 0 amide bonds. The van der Waals surface area contributed by atoms with Crippen LogP contribution in [0.5, 0.6) is 0 Å². The van der Waals surface area contributed by atoms with Gasteiger partial charge in [0.05, 0.1) is 50.3 Å². The van der Waals surface area contributed by atoms with Crippen LogP contribution in [0.3, 0.4) is 0 Å². The summed E-state index contributed by atoms with van der Waals surface area (Å²) < 4.78 is 8.06. The van der Waals surface area contributed by atoms with E-state index in [1.165, 1.54) is 0 Å². The zero-order chi connectivity index (χ0) is 14.6. The normalized spacial score (nSPS) is 8.42. The Morgan fingerprint density at radius 3 is 0.842 bits per heavy atom. The standard InChI is InChI=1S/2C4H6O5.Ti/c2*5-3(6)1-9-2-4(7)8;/h2*1-2H2,(H,5,6)(H,7,8);/q;;+4/p-4. The van der Waals surface area contributed by atoms with E-state index in [9.17, 15) is 39.6 Å². The topological polar surface area (TPSA) is 179 Å². The van der Waals surface area contributed by atoms with Crippen molar-refractivity contribution in [2.24, 2.45) is 0 Å². The third kappa shape index (κ3) is 31.5. The van der Waals surface area contributed by atoms with Crippen molar-refractivity contribution < 1.29 is 70.8 Å². The van der Waals surface area contributed by atoms with Gasteiger partial charge in [0.1, 0.15) is 0 Å². The van der Waals surface area contributed by atoms with Gasteiger partial charge in [-0.2, -0.15) is 0 Å². The molecule has 0 atom stereocenters. The van der Waals surface area contributed by atoms with Gasteiger partial charge in [-0.1, -0.05) is 0 Å². The number of rotatable bonds is 8. The molecule has 10 nitrogen and oxygen atoms in total. The van der Waals surface area contributed by atoms with Crippen molar-refractivity contribution in [3.63, 3.8) is 0 Å². The first-order chi connectivity index (χ1) is 8.25.